The number of aryl methyl sites for hydroxylation is 1. The molecule has 1 atom stereocenters. The third-order valence-electron chi connectivity index (χ3n) is 6.93. The highest BCUT2D eigenvalue weighted by Crippen LogP contribution is 2.40. The van der Waals surface area contributed by atoms with Crippen molar-refractivity contribution in [3.05, 3.63) is 59.3 Å². The predicted octanol–water partition coefficient (Wildman–Crippen LogP) is 4.28. The highest BCUT2D eigenvalue weighted by atomic mass is 16.7. The molecule has 0 saturated carbocycles. The van der Waals surface area contributed by atoms with Crippen molar-refractivity contribution in [2.75, 3.05) is 39.6 Å². The number of ether oxygens (including phenoxy) is 3. The van der Waals surface area contributed by atoms with E-state index in [1.165, 1.54) is 5.56 Å². The second kappa shape index (κ2) is 9.90. The molecule has 1 fully saturated rings. The third-order valence-corrected chi connectivity index (χ3v) is 6.93. The SMILES string of the molecule is CCOC(=O)N1CCN(C(=O)CC(c2ccc3c(c2)OCO3)c2c[nH]c3c(CC)cccc23)CC1. The number of H-pyrrole nitrogens is 1. The Morgan fingerprint density at radius 1 is 1.03 bits per heavy atom. The summed E-state index contributed by atoms with van der Waals surface area (Å²) in [5.41, 5.74) is 4.47. The zero-order valence-corrected chi connectivity index (χ0v) is 20.2. The summed E-state index contributed by atoms with van der Waals surface area (Å²) < 4.78 is 16.2. The molecule has 0 spiro atoms. The Balaban J connectivity index is 1.42. The molecule has 0 aliphatic carbocycles. The third kappa shape index (κ3) is 4.52. The van der Waals surface area contributed by atoms with Crippen LogP contribution in [0.3, 0.4) is 0 Å². The lowest BCUT2D eigenvalue weighted by Gasteiger charge is -2.34. The van der Waals surface area contributed by atoms with Crippen molar-refractivity contribution in [1.82, 2.24) is 14.8 Å². The number of nitrogens with one attached hydrogen (secondary N) is 1. The second-order valence-corrected chi connectivity index (χ2v) is 8.87. The van der Waals surface area contributed by atoms with Crippen molar-refractivity contribution in [1.29, 1.82) is 0 Å². The summed E-state index contributed by atoms with van der Waals surface area (Å²) in [5.74, 6) is 1.34. The summed E-state index contributed by atoms with van der Waals surface area (Å²) in [7, 11) is 0. The minimum Gasteiger partial charge on any atom is -0.454 e. The minimum atomic E-state index is -0.316. The van der Waals surface area contributed by atoms with E-state index in [-0.39, 0.29) is 24.7 Å². The predicted molar refractivity (Wildman–Crippen MR) is 132 cm³/mol. The van der Waals surface area contributed by atoms with E-state index < -0.39 is 0 Å². The van der Waals surface area contributed by atoms with Crippen LogP contribution in [0.4, 0.5) is 4.79 Å². The van der Waals surface area contributed by atoms with Crippen LogP contribution in [0.5, 0.6) is 11.5 Å². The largest absolute Gasteiger partial charge is 0.454 e. The molecule has 8 nitrogen and oxygen atoms in total. The van der Waals surface area contributed by atoms with E-state index in [0.29, 0.717) is 45.0 Å². The van der Waals surface area contributed by atoms with Crippen LogP contribution >= 0.6 is 0 Å². The number of carbonyl (C=O) groups excluding carboxylic acids is 2. The van der Waals surface area contributed by atoms with E-state index >= 15 is 0 Å². The molecule has 1 N–H and O–H groups in total. The first-order valence-corrected chi connectivity index (χ1v) is 12.3. The number of para-hydroxylation sites is 1. The van der Waals surface area contributed by atoms with Gasteiger partial charge in [-0.05, 0) is 42.2 Å². The average molecular weight is 478 g/mol. The first-order chi connectivity index (χ1) is 17.1. The molecule has 2 amide bonds. The summed E-state index contributed by atoms with van der Waals surface area (Å²) in [5, 5.41) is 1.13. The number of piperazine rings is 1. The smallest absolute Gasteiger partial charge is 0.409 e. The molecule has 1 saturated heterocycles. The number of hydrogen-bond donors (Lipinski definition) is 1. The number of benzene rings is 2. The number of amides is 2. The Hall–Kier alpha value is -3.68. The lowest BCUT2D eigenvalue weighted by atomic mass is 9.87. The fraction of sp³-hybridized carbons (Fsp3) is 0.407. The topological polar surface area (TPSA) is 84.1 Å². The van der Waals surface area contributed by atoms with Crippen molar-refractivity contribution < 1.29 is 23.8 Å². The first-order valence-electron chi connectivity index (χ1n) is 12.3. The van der Waals surface area contributed by atoms with Crippen molar-refractivity contribution in [3.63, 3.8) is 0 Å². The van der Waals surface area contributed by atoms with E-state index in [0.717, 1.165) is 34.2 Å². The van der Waals surface area contributed by atoms with Crippen molar-refractivity contribution in [3.8, 4) is 11.5 Å². The van der Waals surface area contributed by atoms with Crippen LogP contribution in [-0.2, 0) is 16.0 Å². The fourth-order valence-electron chi connectivity index (χ4n) is 5.02. The first kappa shape index (κ1) is 23.1. The van der Waals surface area contributed by atoms with Gasteiger partial charge in [0.15, 0.2) is 11.5 Å². The van der Waals surface area contributed by atoms with Gasteiger partial charge in [-0.15, -0.1) is 0 Å². The molecule has 0 radical (unpaired) electrons. The molecule has 3 heterocycles. The number of rotatable bonds is 6. The lowest BCUT2D eigenvalue weighted by Crippen LogP contribution is -2.50. The number of aromatic nitrogens is 1. The molecule has 2 aliphatic heterocycles. The van der Waals surface area contributed by atoms with E-state index in [1.54, 1.807) is 11.8 Å². The average Bonchev–Trinajstić information content (AvgIpc) is 3.54. The minimum absolute atomic E-state index is 0.0668. The van der Waals surface area contributed by atoms with E-state index in [1.807, 2.05) is 29.3 Å². The summed E-state index contributed by atoms with van der Waals surface area (Å²) in [6.45, 7) is 6.45. The van der Waals surface area contributed by atoms with Crippen LogP contribution < -0.4 is 9.47 Å². The molecule has 3 aromatic rings. The number of hydrogen-bond acceptors (Lipinski definition) is 5. The second-order valence-electron chi connectivity index (χ2n) is 8.87. The van der Waals surface area contributed by atoms with Gasteiger partial charge >= 0.3 is 6.09 Å². The fourth-order valence-corrected chi connectivity index (χ4v) is 5.02. The van der Waals surface area contributed by atoms with Gasteiger partial charge in [0, 0.05) is 55.6 Å². The molecule has 0 bridgehead atoms. The van der Waals surface area contributed by atoms with Gasteiger partial charge in [0.25, 0.3) is 0 Å². The highest BCUT2D eigenvalue weighted by Gasteiger charge is 2.29. The summed E-state index contributed by atoms with van der Waals surface area (Å²) in [4.78, 5) is 32.5. The van der Waals surface area contributed by atoms with Crippen LogP contribution in [0, 0.1) is 0 Å². The molecule has 2 aromatic carbocycles. The zero-order valence-electron chi connectivity index (χ0n) is 20.2. The maximum atomic E-state index is 13.5. The van der Waals surface area contributed by atoms with Crippen LogP contribution in [0.25, 0.3) is 10.9 Å². The summed E-state index contributed by atoms with van der Waals surface area (Å²) >= 11 is 0. The molecular weight excluding hydrogens is 446 g/mol. The maximum Gasteiger partial charge on any atom is 0.409 e. The van der Waals surface area contributed by atoms with Crippen LogP contribution in [0.2, 0.25) is 0 Å². The molecule has 35 heavy (non-hydrogen) atoms. The van der Waals surface area contributed by atoms with Crippen molar-refractivity contribution in [2.24, 2.45) is 0 Å². The molecule has 2 aliphatic rings. The number of nitrogens with zero attached hydrogens (tertiary/aromatic N) is 2. The molecule has 184 valence electrons. The Kier molecular flexibility index (Phi) is 6.53. The maximum absolute atomic E-state index is 13.5. The molecular formula is C27H31N3O5. The van der Waals surface area contributed by atoms with Gasteiger partial charge in [-0.2, -0.15) is 0 Å². The van der Waals surface area contributed by atoms with E-state index in [2.05, 4.69) is 30.1 Å². The number of fused-ring (bicyclic) bond motifs is 2. The van der Waals surface area contributed by atoms with Gasteiger partial charge in [-0.1, -0.05) is 31.2 Å². The Bertz CT molecular complexity index is 1230. The summed E-state index contributed by atoms with van der Waals surface area (Å²) in [6.07, 6.45) is 2.96. The quantitative estimate of drug-likeness (QED) is 0.573. The van der Waals surface area contributed by atoms with E-state index in [4.69, 9.17) is 14.2 Å². The van der Waals surface area contributed by atoms with Gasteiger partial charge in [-0.25, -0.2) is 4.79 Å². The molecule has 1 unspecified atom stereocenters. The Morgan fingerprint density at radius 2 is 1.80 bits per heavy atom. The zero-order chi connectivity index (χ0) is 24.4. The van der Waals surface area contributed by atoms with Crippen LogP contribution in [0.1, 0.15) is 42.9 Å². The van der Waals surface area contributed by atoms with Crippen LogP contribution in [-0.4, -0.2) is 66.4 Å². The Labute approximate surface area is 204 Å². The molecule has 1 aromatic heterocycles. The van der Waals surface area contributed by atoms with Gasteiger partial charge in [0.2, 0.25) is 12.7 Å². The summed E-state index contributed by atoms with van der Waals surface area (Å²) in [6, 6.07) is 12.2. The standard InChI is InChI=1S/C27H31N3O5/c1-3-18-6-5-7-20-22(16-28-26(18)20)21(19-8-9-23-24(14-19)35-17-34-23)15-25(31)29-10-12-30(13-11-29)27(32)33-4-2/h5-9,14,16,21,28H,3-4,10-13,15,17H2,1-2H3. The van der Waals surface area contributed by atoms with E-state index in [9.17, 15) is 9.59 Å². The lowest BCUT2D eigenvalue weighted by molar-refractivity contribution is -0.133. The van der Waals surface area contributed by atoms with Crippen molar-refractivity contribution in [2.45, 2.75) is 32.6 Å². The van der Waals surface area contributed by atoms with Gasteiger partial charge < -0.3 is 29.0 Å². The molecule has 8 heteroatoms. The Morgan fingerprint density at radius 3 is 2.57 bits per heavy atom. The van der Waals surface area contributed by atoms with Crippen molar-refractivity contribution >= 4 is 22.9 Å². The normalized spacial score (nSPS) is 15.9. The molecule has 5 rings (SSSR count). The number of aromatic amines is 1. The monoisotopic (exact) mass is 477 g/mol. The highest BCUT2D eigenvalue weighted by molar-refractivity contribution is 5.88. The van der Waals surface area contributed by atoms with Gasteiger partial charge in [0.1, 0.15) is 0 Å². The van der Waals surface area contributed by atoms with Gasteiger partial charge in [-0.3, -0.25) is 4.79 Å². The number of carbonyl (C=O) groups is 2. The van der Waals surface area contributed by atoms with Gasteiger partial charge in [0.05, 0.1) is 6.61 Å². The van der Waals surface area contributed by atoms with Crippen LogP contribution in [0.15, 0.2) is 42.6 Å².